The van der Waals surface area contributed by atoms with E-state index in [0.717, 1.165) is 41.7 Å². The smallest absolute Gasteiger partial charge is 0.225 e. The van der Waals surface area contributed by atoms with Crippen LogP contribution in [0.3, 0.4) is 0 Å². The van der Waals surface area contributed by atoms with Crippen LogP contribution < -0.4 is 4.72 Å². The molecule has 2 aromatic rings. The molecule has 5 rings (SSSR count). The van der Waals surface area contributed by atoms with E-state index >= 15 is 0 Å². The summed E-state index contributed by atoms with van der Waals surface area (Å²) < 4.78 is 28.7. The number of carbonyl (C=O) groups is 1. The largest absolute Gasteiger partial charge is 0.347 e. The number of amides is 1. The Morgan fingerprint density at radius 3 is 2.33 bits per heavy atom. The number of hydrogen-bond acceptors (Lipinski definition) is 4. The van der Waals surface area contributed by atoms with Crippen molar-refractivity contribution in [3.05, 3.63) is 53.6 Å². The SMILES string of the molecule is Cc1cccc(NS(=O)c2ccc(S(=O)C(C)C)cc2)c1C(=N)N1CCN(C(=O)C2CC2)CC12CC2. The van der Waals surface area contributed by atoms with Crippen LogP contribution in [0.1, 0.15) is 50.7 Å². The fourth-order valence-corrected chi connectivity index (χ4v) is 6.83. The highest BCUT2D eigenvalue weighted by Crippen LogP contribution is 2.46. The maximum atomic E-state index is 13.2. The Kier molecular flexibility index (Phi) is 6.80. The maximum absolute atomic E-state index is 13.2. The molecule has 9 heteroatoms. The number of rotatable bonds is 7. The molecule has 3 aliphatic rings. The first-order valence-corrected chi connectivity index (χ1v) is 15.0. The third kappa shape index (κ3) is 4.87. The van der Waals surface area contributed by atoms with Crippen LogP contribution in [0.25, 0.3) is 0 Å². The number of piperazine rings is 1. The Labute approximate surface area is 218 Å². The number of carbonyl (C=O) groups excluding carboxylic acids is 1. The van der Waals surface area contributed by atoms with Gasteiger partial charge < -0.3 is 14.5 Å². The summed E-state index contributed by atoms with van der Waals surface area (Å²) in [7, 11) is -2.63. The molecule has 1 amide bonds. The van der Waals surface area contributed by atoms with Crippen molar-refractivity contribution in [1.29, 1.82) is 5.41 Å². The number of nitrogens with zero attached hydrogens (tertiary/aromatic N) is 2. The van der Waals surface area contributed by atoms with Crippen molar-refractivity contribution in [3.8, 4) is 0 Å². The van der Waals surface area contributed by atoms with Gasteiger partial charge >= 0.3 is 0 Å². The predicted molar refractivity (Wildman–Crippen MR) is 144 cm³/mol. The highest BCUT2D eigenvalue weighted by Gasteiger charge is 2.54. The van der Waals surface area contributed by atoms with Crippen molar-refractivity contribution in [2.24, 2.45) is 5.92 Å². The zero-order valence-corrected chi connectivity index (χ0v) is 22.7. The van der Waals surface area contributed by atoms with E-state index in [-0.39, 0.29) is 22.6 Å². The highest BCUT2D eigenvalue weighted by molar-refractivity contribution is 7.86. The van der Waals surface area contributed by atoms with Gasteiger partial charge in [-0.1, -0.05) is 26.0 Å². The van der Waals surface area contributed by atoms with Crippen LogP contribution in [-0.2, 0) is 26.6 Å². The van der Waals surface area contributed by atoms with E-state index in [1.54, 1.807) is 24.3 Å². The maximum Gasteiger partial charge on any atom is 0.225 e. The molecule has 1 saturated heterocycles. The van der Waals surface area contributed by atoms with E-state index in [1.165, 1.54) is 0 Å². The van der Waals surface area contributed by atoms with E-state index in [4.69, 9.17) is 0 Å². The van der Waals surface area contributed by atoms with Gasteiger partial charge in [-0.3, -0.25) is 14.4 Å². The molecule has 36 heavy (non-hydrogen) atoms. The molecule has 2 aromatic carbocycles. The van der Waals surface area contributed by atoms with Crippen LogP contribution in [0.15, 0.2) is 52.3 Å². The molecule has 0 bridgehead atoms. The number of benzene rings is 2. The van der Waals surface area contributed by atoms with Crippen LogP contribution in [0, 0.1) is 18.3 Å². The number of anilines is 1. The first kappa shape index (κ1) is 25.1. The van der Waals surface area contributed by atoms with Gasteiger partial charge in [0.1, 0.15) is 16.8 Å². The Morgan fingerprint density at radius 1 is 1.06 bits per heavy atom. The number of nitrogens with one attached hydrogen (secondary N) is 2. The average molecular weight is 527 g/mol. The third-order valence-electron chi connectivity index (χ3n) is 7.40. The Morgan fingerprint density at radius 2 is 1.72 bits per heavy atom. The van der Waals surface area contributed by atoms with Gasteiger partial charge in [0, 0.05) is 41.3 Å². The summed E-state index contributed by atoms with van der Waals surface area (Å²) in [4.78, 5) is 18.2. The minimum atomic E-state index is -1.54. The van der Waals surface area contributed by atoms with Gasteiger partial charge in [-0.25, -0.2) is 4.21 Å². The van der Waals surface area contributed by atoms with Gasteiger partial charge in [0.15, 0.2) is 0 Å². The molecule has 3 fully saturated rings. The fraction of sp³-hybridized carbons (Fsp3) is 0.481. The first-order chi connectivity index (χ1) is 17.2. The minimum Gasteiger partial charge on any atom is -0.347 e. The van der Waals surface area contributed by atoms with Crippen LogP contribution in [0.4, 0.5) is 5.69 Å². The van der Waals surface area contributed by atoms with Crippen LogP contribution in [0.5, 0.6) is 0 Å². The van der Waals surface area contributed by atoms with E-state index in [2.05, 4.69) is 9.62 Å². The Balaban J connectivity index is 1.34. The minimum absolute atomic E-state index is 0.0174. The predicted octanol–water partition coefficient (Wildman–Crippen LogP) is 4.06. The molecular formula is C27H34N4O3S2. The summed E-state index contributed by atoms with van der Waals surface area (Å²) in [6.45, 7) is 7.77. The van der Waals surface area contributed by atoms with Gasteiger partial charge in [-0.2, -0.15) is 0 Å². The lowest BCUT2D eigenvalue weighted by atomic mass is 10.0. The van der Waals surface area contributed by atoms with E-state index < -0.39 is 21.8 Å². The summed E-state index contributed by atoms with van der Waals surface area (Å²) in [5, 5.41) is 9.20. The lowest BCUT2D eigenvalue weighted by molar-refractivity contribution is -0.135. The van der Waals surface area contributed by atoms with E-state index in [1.807, 2.05) is 43.9 Å². The standard InChI is InChI=1S/C27H34N4O3S2/c1-18(2)35(33)21-9-11-22(12-10-21)36(34)29-23-6-4-5-19(3)24(23)25(28)31-16-15-30(17-27(31)13-14-27)26(32)20-7-8-20/h4-6,9-12,18,20,28-29H,7-8,13-17H2,1-3H3. The molecule has 0 aromatic heterocycles. The molecule has 0 radical (unpaired) electrons. The van der Waals surface area contributed by atoms with Crippen molar-refractivity contribution in [3.63, 3.8) is 0 Å². The van der Waals surface area contributed by atoms with E-state index in [9.17, 15) is 18.6 Å². The molecule has 2 atom stereocenters. The van der Waals surface area contributed by atoms with Gasteiger partial charge in [0.25, 0.3) is 0 Å². The number of amidine groups is 1. The molecular weight excluding hydrogens is 492 g/mol. The average Bonchev–Trinajstić information content (AvgIpc) is 3.80. The molecule has 2 aliphatic carbocycles. The van der Waals surface area contributed by atoms with Crippen molar-refractivity contribution >= 4 is 39.2 Å². The number of hydrogen-bond donors (Lipinski definition) is 2. The first-order valence-electron chi connectivity index (χ1n) is 12.6. The Bertz CT molecular complexity index is 1240. The Hall–Kier alpha value is -2.52. The molecule has 2 saturated carbocycles. The summed E-state index contributed by atoms with van der Waals surface area (Å²) in [6.07, 6.45) is 3.98. The molecule has 1 heterocycles. The zero-order valence-electron chi connectivity index (χ0n) is 21.1. The van der Waals surface area contributed by atoms with Crippen LogP contribution in [-0.4, -0.2) is 60.4 Å². The van der Waals surface area contributed by atoms with E-state index in [0.29, 0.717) is 36.1 Å². The van der Waals surface area contributed by atoms with Gasteiger partial charge in [-0.15, -0.1) is 0 Å². The summed E-state index contributed by atoms with van der Waals surface area (Å²) in [6, 6.07) is 12.8. The van der Waals surface area contributed by atoms with Crippen LogP contribution in [0.2, 0.25) is 0 Å². The van der Waals surface area contributed by atoms with Crippen molar-refractivity contribution in [1.82, 2.24) is 9.80 Å². The normalized spacial score (nSPS) is 20.3. The lowest BCUT2D eigenvalue weighted by Gasteiger charge is -2.44. The summed E-state index contributed by atoms with van der Waals surface area (Å²) >= 11 is 0. The third-order valence-corrected chi connectivity index (χ3v) is 10.1. The topological polar surface area (TPSA) is 93.6 Å². The molecule has 2 unspecified atom stereocenters. The fourth-order valence-electron chi connectivity index (χ4n) is 5.01. The highest BCUT2D eigenvalue weighted by atomic mass is 32.2. The second-order valence-electron chi connectivity index (χ2n) is 10.4. The molecule has 192 valence electrons. The van der Waals surface area contributed by atoms with Crippen molar-refractivity contribution in [2.45, 2.75) is 67.0 Å². The second-order valence-corrected chi connectivity index (χ2v) is 13.7. The monoisotopic (exact) mass is 526 g/mol. The quantitative estimate of drug-likeness (QED) is 0.420. The van der Waals surface area contributed by atoms with Gasteiger partial charge in [-0.05, 0) is 68.5 Å². The molecule has 1 aliphatic heterocycles. The lowest BCUT2D eigenvalue weighted by Crippen LogP contribution is -2.58. The number of aryl methyl sites for hydroxylation is 1. The second kappa shape index (κ2) is 9.74. The van der Waals surface area contributed by atoms with Crippen LogP contribution >= 0.6 is 0 Å². The summed E-state index contributed by atoms with van der Waals surface area (Å²) in [5.74, 6) is 0.920. The van der Waals surface area contributed by atoms with Crippen molar-refractivity contribution < 1.29 is 13.2 Å². The molecule has 2 N–H and O–H groups in total. The van der Waals surface area contributed by atoms with Gasteiger partial charge in [0.2, 0.25) is 5.91 Å². The zero-order chi connectivity index (χ0) is 25.6. The molecule has 7 nitrogen and oxygen atoms in total. The van der Waals surface area contributed by atoms with Gasteiger partial charge in [0.05, 0.1) is 26.9 Å². The summed E-state index contributed by atoms with van der Waals surface area (Å²) in [5.41, 5.74) is 2.19. The van der Waals surface area contributed by atoms with Crippen molar-refractivity contribution in [2.75, 3.05) is 24.4 Å². The molecule has 1 spiro atoms.